The molecule has 0 bridgehead atoms. The number of aromatic nitrogens is 2. The number of nitrogens with zero attached hydrogens (tertiary/aromatic N) is 2. The van der Waals surface area contributed by atoms with Crippen LogP contribution >= 0.6 is 22.9 Å². The van der Waals surface area contributed by atoms with Crippen LogP contribution in [0.25, 0.3) is 27.4 Å². The lowest BCUT2D eigenvalue weighted by Gasteiger charge is -2.17. The van der Waals surface area contributed by atoms with E-state index in [0.717, 1.165) is 11.3 Å². The summed E-state index contributed by atoms with van der Waals surface area (Å²) in [6.07, 6.45) is -3.94. The molecule has 36 heavy (non-hydrogen) atoms. The molecule has 11 heteroatoms. The zero-order valence-corrected chi connectivity index (χ0v) is 20.6. The maximum Gasteiger partial charge on any atom is 0.432 e. The minimum atomic E-state index is -4.91. The van der Waals surface area contributed by atoms with Crippen molar-refractivity contribution in [2.45, 2.75) is 26.4 Å². The number of thiazole rings is 1. The predicted octanol–water partition coefficient (Wildman–Crippen LogP) is 8.16. The van der Waals surface area contributed by atoms with E-state index in [1.807, 2.05) is 6.92 Å². The highest BCUT2D eigenvalue weighted by molar-refractivity contribution is 7.13. The third-order valence-corrected chi connectivity index (χ3v) is 6.49. The first-order valence-corrected chi connectivity index (χ1v) is 11.9. The lowest BCUT2D eigenvalue weighted by molar-refractivity contribution is -0.0896. The van der Waals surface area contributed by atoms with Crippen LogP contribution in [-0.2, 0) is 6.42 Å². The van der Waals surface area contributed by atoms with Crippen LogP contribution in [0.4, 0.5) is 23.2 Å². The van der Waals surface area contributed by atoms with Gasteiger partial charge in [0.05, 0.1) is 11.1 Å². The summed E-state index contributed by atoms with van der Waals surface area (Å²) < 4.78 is 63.3. The monoisotopic (exact) mass is 534 g/mol. The molecule has 0 aliphatic carbocycles. The average molecular weight is 535 g/mol. The summed E-state index contributed by atoms with van der Waals surface area (Å²) in [5, 5.41) is 16.4. The van der Waals surface area contributed by atoms with Crippen LogP contribution in [0, 0.1) is 18.2 Å². The van der Waals surface area contributed by atoms with Gasteiger partial charge in [0.1, 0.15) is 22.2 Å². The van der Waals surface area contributed by atoms with Crippen LogP contribution in [0.2, 0.25) is 5.02 Å². The van der Waals surface area contributed by atoms with E-state index < -0.39 is 23.3 Å². The molecule has 0 fully saturated rings. The maximum absolute atomic E-state index is 15.0. The van der Waals surface area contributed by atoms with Crippen molar-refractivity contribution in [3.8, 4) is 21.8 Å². The number of benzene rings is 2. The molecule has 0 saturated carbocycles. The summed E-state index contributed by atoms with van der Waals surface area (Å²) in [4.78, 5) is 4.40. The number of nitrogens with one attached hydrogen (secondary N) is 2. The number of allylic oxidation sites excluding steroid dienone is 2. The number of hydrogen-bond donors (Lipinski definition) is 2. The van der Waals surface area contributed by atoms with Crippen LogP contribution < -0.4 is 5.32 Å². The first-order chi connectivity index (χ1) is 17.1. The van der Waals surface area contributed by atoms with Crippen molar-refractivity contribution in [2.24, 2.45) is 0 Å². The number of hydrogen-bond acceptors (Lipinski definition) is 6. The van der Waals surface area contributed by atoms with Gasteiger partial charge < -0.3 is 15.2 Å². The number of aryl methyl sites for hydroxylation is 2. The Morgan fingerprint density at radius 3 is 2.56 bits per heavy atom. The minimum Gasteiger partial charge on any atom is -0.355 e. The van der Waals surface area contributed by atoms with E-state index >= 15 is 4.39 Å². The van der Waals surface area contributed by atoms with Gasteiger partial charge in [-0.25, -0.2) is 9.37 Å². The molecule has 4 rings (SSSR count). The Morgan fingerprint density at radius 1 is 1.19 bits per heavy atom. The molecular weight excluding hydrogens is 516 g/mol. The largest absolute Gasteiger partial charge is 0.432 e. The van der Waals surface area contributed by atoms with Crippen LogP contribution in [0.15, 0.2) is 58.1 Å². The second kappa shape index (κ2) is 10.2. The normalized spacial score (nSPS) is 12.4. The first-order valence-electron chi connectivity index (χ1n) is 10.7. The van der Waals surface area contributed by atoms with Gasteiger partial charge in [0, 0.05) is 33.6 Å². The van der Waals surface area contributed by atoms with Crippen molar-refractivity contribution in [1.82, 2.24) is 10.1 Å². The van der Waals surface area contributed by atoms with Gasteiger partial charge in [-0.3, -0.25) is 0 Å². The topological polar surface area (TPSA) is 74.8 Å². The molecule has 0 amide bonds. The Kier molecular flexibility index (Phi) is 7.28. The molecule has 0 spiro atoms. The van der Waals surface area contributed by atoms with E-state index in [0.29, 0.717) is 23.9 Å². The Hall–Kier alpha value is -3.50. The molecule has 5 nitrogen and oxygen atoms in total. The summed E-state index contributed by atoms with van der Waals surface area (Å²) in [6, 6.07) is 10.2. The molecule has 0 aliphatic heterocycles. The van der Waals surface area contributed by atoms with Crippen LogP contribution in [0.3, 0.4) is 0 Å². The summed E-state index contributed by atoms with van der Waals surface area (Å²) in [6.45, 7) is 3.55. The highest BCUT2D eigenvalue weighted by Gasteiger charge is 2.39. The van der Waals surface area contributed by atoms with Crippen molar-refractivity contribution in [1.29, 1.82) is 5.41 Å². The van der Waals surface area contributed by atoms with Gasteiger partial charge >= 0.3 is 6.18 Å². The van der Waals surface area contributed by atoms with Gasteiger partial charge in [0.2, 0.25) is 0 Å². The number of halogens is 5. The van der Waals surface area contributed by atoms with Gasteiger partial charge in [0.15, 0.2) is 5.76 Å². The highest BCUT2D eigenvalue weighted by Crippen LogP contribution is 2.43. The van der Waals surface area contributed by atoms with Crippen LogP contribution in [0.1, 0.15) is 23.9 Å². The Morgan fingerprint density at radius 2 is 1.94 bits per heavy atom. The van der Waals surface area contributed by atoms with Crippen molar-refractivity contribution < 1.29 is 22.1 Å². The van der Waals surface area contributed by atoms with Crippen molar-refractivity contribution >= 4 is 40.4 Å². The smallest absolute Gasteiger partial charge is 0.355 e. The van der Waals surface area contributed by atoms with Crippen molar-refractivity contribution in [2.75, 3.05) is 5.32 Å². The summed E-state index contributed by atoms with van der Waals surface area (Å²) in [5.74, 6) is -0.960. The molecule has 2 N–H and O–H groups in total. The molecule has 2 aromatic heterocycles. The maximum atomic E-state index is 15.0. The van der Waals surface area contributed by atoms with Crippen LogP contribution in [-0.4, -0.2) is 22.5 Å². The number of anilines is 1. The van der Waals surface area contributed by atoms with E-state index in [9.17, 15) is 13.2 Å². The van der Waals surface area contributed by atoms with Gasteiger partial charge in [-0.2, -0.15) is 13.2 Å². The Balaban J connectivity index is 2.03. The quantitative estimate of drug-likeness (QED) is 0.185. The van der Waals surface area contributed by atoms with E-state index in [4.69, 9.17) is 21.5 Å². The fraction of sp³-hybridized carbons (Fsp3) is 0.160. The third kappa shape index (κ3) is 5.05. The van der Waals surface area contributed by atoms with Crippen molar-refractivity contribution in [3.05, 3.63) is 81.4 Å². The van der Waals surface area contributed by atoms with Gasteiger partial charge in [-0.15, -0.1) is 11.3 Å². The van der Waals surface area contributed by atoms with Gasteiger partial charge in [-0.1, -0.05) is 41.9 Å². The Bertz CT molecular complexity index is 1460. The lowest BCUT2D eigenvalue weighted by atomic mass is 9.96. The number of rotatable bonds is 7. The molecule has 2 aromatic carbocycles. The Labute approximate surface area is 212 Å². The minimum absolute atomic E-state index is 0.0120. The predicted molar refractivity (Wildman–Crippen MR) is 134 cm³/mol. The molecule has 0 saturated heterocycles. The van der Waals surface area contributed by atoms with E-state index in [1.54, 1.807) is 24.4 Å². The fourth-order valence-electron chi connectivity index (χ4n) is 3.69. The van der Waals surface area contributed by atoms with E-state index in [2.05, 4.69) is 15.5 Å². The number of alkyl halides is 3. The summed E-state index contributed by atoms with van der Waals surface area (Å²) >= 11 is 7.09. The lowest BCUT2D eigenvalue weighted by Crippen LogP contribution is -2.21. The average Bonchev–Trinajstić information content (AvgIpc) is 3.44. The van der Waals surface area contributed by atoms with Crippen molar-refractivity contribution in [3.63, 3.8) is 0 Å². The first kappa shape index (κ1) is 25.6. The molecule has 0 aliphatic rings. The van der Waals surface area contributed by atoms with Crippen LogP contribution in [0.5, 0.6) is 0 Å². The SMILES string of the molecule is CCc1cccc(F)c1-c1noc(/C(C=N)=C(/Nc2cccc(Cl)c2)C(F)(F)F)c1-c1nc(C)cs1. The fourth-order valence-corrected chi connectivity index (χ4v) is 4.72. The molecule has 0 radical (unpaired) electrons. The highest BCUT2D eigenvalue weighted by atomic mass is 35.5. The molecule has 0 atom stereocenters. The van der Waals surface area contributed by atoms with E-state index in [1.165, 1.54) is 30.3 Å². The zero-order chi connectivity index (χ0) is 26.0. The standard InChI is InChI=1S/C25H19ClF4N4OS/c1-3-14-6-4-9-18(27)19(14)21-20(24-32-13(2)12-36-24)22(35-34-21)17(11-31)23(25(28,29)30)33-16-8-5-7-15(26)10-16/h4-12,31,33H,3H2,1-2H3/b23-17+,31-11?. The second-order valence-corrected chi connectivity index (χ2v) is 9.02. The zero-order valence-electron chi connectivity index (χ0n) is 19.0. The van der Waals surface area contributed by atoms with Gasteiger partial charge in [-0.05, 0) is 43.2 Å². The molecular formula is C25H19ClF4N4OS. The molecule has 0 unspecified atom stereocenters. The second-order valence-electron chi connectivity index (χ2n) is 7.72. The van der Waals surface area contributed by atoms with E-state index in [-0.39, 0.29) is 38.3 Å². The summed E-state index contributed by atoms with van der Waals surface area (Å²) in [5.41, 5.74) is -0.427. The molecule has 2 heterocycles. The van der Waals surface area contributed by atoms with Gasteiger partial charge in [0.25, 0.3) is 0 Å². The molecule has 4 aromatic rings. The molecule has 186 valence electrons. The third-order valence-electron chi connectivity index (χ3n) is 5.28. The summed E-state index contributed by atoms with van der Waals surface area (Å²) in [7, 11) is 0.